The van der Waals surface area contributed by atoms with E-state index in [-0.39, 0.29) is 0 Å². The molecule has 1 heterocycles. The van der Waals surface area contributed by atoms with E-state index in [1.54, 1.807) is 0 Å². The largest absolute Gasteiger partial charge is 0.299 e. The normalized spacial score (nSPS) is 15.8. The fourth-order valence-corrected chi connectivity index (χ4v) is 2.99. The van der Waals surface area contributed by atoms with Gasteiger partial charge < -0.3 is 0 Å². The summed E-state index contributed by atoms with van der Waals surface area (Å²) in [7, 11) is 0. The molecule has 1 saturated heterocycles. The summed E-state index contributed by atoms with van der Waals surface area (Å²) < 4.78 is 0. The fraction of sp³-hybridized carbons (Fsp3) is 0.300. The molecule has 0 unspecified atom stereocenters. The number of piperidine rings is 1. The predicted octanol–water partition coefficient (Wildman–Crippen LogP) is 4.73. The van der Waals surface area contributed by atoms with Crippen LogP contribution in [0.25, 0.3) is 5.57 Å². The van der Waals surface area contributed by atoms with Crippen molar-refractivity contribution in [1.82, 2.24) is 4.90 Å². The minimum atomic E-state index is 1.08. The summed E-state index contributed by atoms with van der Waals surface area (Å²) in [6, 6.07) is 19.3. The maximum absolute atomic E-state index is 4.23. The lowest BCUT2D eigenvalue weighted by Gasteiger charge is -2.26. The molecular weight excluding hydrogens is 254 g/mol. The van der Waals surface area contributed by atoms with Crippen molar-refractivity contribution in [3.8, 4) is 0 Å². The van der Waals surface area contributed by atoms with Crippen LogP contribution < -0.4 is 0 Å². The molecule has 2 aromatic carbocycles. The zero-order valence-corrected chi connectivity index (χ0v) is 12.6. The van der Waals surface area contributed by atoms with Crippen LogP contribution in [0.4, 0.5) is 0 Å². The summed E-state index contributed by atoms with van der Waals surface area (Å²) in [4.78, 5) is 2.56. The van der Waals surface area contributed by atoms with Gasteiger partial charge in [-0.05, 0) is 48.2 Å². The van der Waals surface area contributed by atoms with Crippen LogP contribution in [0.3, 0.4) is 0 Å². The second-order valence-corrected chi connectivity index (χ2v) is 5.88. The van der Waals surface area contributed by atoms with Gasteiger partial charge in [0.1, 0.15) is 0 Å². The maximum atomic E-state index is 4.23. The first-order chi connectivity index (χ1) is 10.3. The van der Waals surface area contributed by atoms with Gasteiger partial charge in [-0.25, -0.2) is 0 Å². The number of rotatable bonds is 4. The van der Waals surface area contributed by atoms with E-state index in [9.17, 15) is 0 Å². The van der Waals surface area contributed by atoms with Crippen LogP contribution in [0.2, 0.25) is 0 Å². The Bertz CT molecular complexity index is 577. The molecule has 0 spiro atoms. The topological polar surface area (TPSA) is 3.24 Å². The highest BCUT2D eigenvalue weighted by molar-refractivity contribution is 5.77. The van der Waals surface area contributed by atoms with Crippen molar-refractivity contribution >= 4 is 5.57 Å². The molecule has 0 N–H and O–H groups in total. The predicted molar refractivity (Wildman–Crippen MR) is 90.1 cm³/mol. The molecule has 1 aliphatic rings. The van der Waals surface area contributed by atoms with Crippen molar-refractivity contribution < 1.29 is 0 Å². The standard InChI is InChI=1S/C20H23N/c1-17(19-8-4-2-5-9-19)20-12-10-18(11-13-20)16-21-14-6-3-7-15-21/h2,4-5,8-13H,1,3,6-7,14-16H2. The van der Waals surface area contributed by atoms with Crippen LogP contribution in [0, 0.1) is 0 Å². The van der Waals surface area contributed by atoms with Crippen LogP contribution in [-0.4, -0.2) is 18.0 Å². The van der Waals surface area contributed by atoms with E-state index in [1.165, 1.54) is 49.0 Å². The highest BCUT2D eigenvalue weighted by Crippen LogP contribution is 2.22. The van der Waals surface area contributed by atoms with Gasteiger partial charge in [-0.2, -0.15) is 0 Å². The zero-order valence-electron chi connectivity index (χ0n) is 12.6. The lowest BCUT2D eigenvalue weighted by Crippen LogP contribution is -2.29. The first-order valence-electron chi connectivity index (χ1n) is 7.89. The lowest BCUT2D eigenvalue weighted by molar-refractivity contribution is 0.221. The van der Waals surface area contributed by atoms with Crippen LogP contribution in [0.5, 0.6) is 0 Å². The van der Waals surface area contributed by atoms with Crippen molar-refractivity contribution in [1.29, 1.82) is 0 Å². The summed E-state index contributed by atoms with van der Waals surface area (Å²) in [5.41, 5.74) is 4.91. The van der Waals surface area contributed by atoms with Gasteiger partial charge in [0, 0.05) is 6.54 Å². The van der Waals surface area contributed by atoms with E-state index in [0.29, 0.717) is 0 Å². The Morgan fingerprint density at radius 1 is 0.810 bits per heavy atom. The van der Waals surface area contributed by atoms with E-state index in [2.05, 4.69) is 60.0 Å². The molecule has 1 aliphatic heterocycles. The highest BCUT2D eigenvalue weighted by Gasteiger charge is 2.10. The third-order valence-electron chi connectivity index (χ3n) is 4.28. The van der Waals surface area contributed by atoms with Crippen molar-refractivity contribution in [2.45, 2.75) is 25.8 Å². The third-order valence-corrected chi connectivity index (χ3v) is 4.28. The Balaban J connectivity index is 1.67. The zero-order chi connectivity index (χ0) is 14.5. The molecule has 1 nitrogen and oxygen atoms in total. The summed E-state index contributed by atoms with van der Waals surface area (Å²) in [6.07, 6.45) is 4.10. The quantitative estimate of drug-likeness (QED) is 0.780. The van der Waals surface area contributed by atoms with Gasteiger partial charge in [0.25, 0.3) is 0 Å². The third kappa shape index (κ3) is 3.62. The number of benzene rings is 2. The molecule has 108 valence electrons. The summed E-state index contributed by atoms with van der Waals surface area (Å²) in [5, 5.41) is 0. The SMILES string of the molecule is C=C(c1ccccc1)c1ccc(CN2CCCCC2)cc1. The molecule has 0 saturated carbocycles. The fourth-order valence-electron chi connectivity index (χ4n) is 2.99. The van der Waals surface area contributed by atoms with Crippen molar-refractivity contribution in [2.75, 3.05) is 13.1 Å². The molecule has 0 aliphatic carbocycles. The number of hydrogen-bond donors (Lipinski definition) is 0. The molecule has 0 atom stereocenters. The minimum absolute atomic E-state index is 1.08. The molecule has 3 rings (SSSR count). The van der Waals surface area contributed by atoms with Gasteiger partial charge in [0.05, 0.1) is 0 Å². The molecule has 1 fully saturated rings. The van der Waals surface area contributed by atoms with Gasteiger partial charge in [0.2, 0.25) is 0 Å². The Labute approximate surface area is 127 Å². The second kappa shape index (κ2) is 6.73. The molecule has 1 heteroatoms. The van der Waals surface area contributed by atoms with E-state index in [0.717, 1.165) is 12.1 Å². The molecule has 0 aromatic heterocycles. The van der Waals surface area contributed by atoms with Gasteiger partial charge in [0.15, 0.2) is 0 Å². The maximum Gasteiger partial charge on any atom is 0.0233 e. The molecule has 0 bridgehead atoms. The molecule has 2 aromatic rings. The Morgan fingerprint density at radius 3 is 2.10 bits per heavy atom. The number of nitrogens with zero attached hydrogens (tertiary/aromatic N) is 1. The summed E-state index contributed by atoms with van der Waals surface area (Å²) >= 11 is 0. The summed E-state index contributed by atoms with van der Waals surface area (Å²) in [5.74, 6) is 0. The van der Waals surface area contributed by atoms with Gasteiger partial charge in [-0.3, -0.25) is 4.90 Å². The molecule has 21 heavy (non-hydrogen) atoms. The van der Waals surface area contributed by atoms with E-state index in [4.69, 9.17) is 0 Å². The molecule has 0 radical (unpaired) electrons. The summed E-state index contributed by atoms with van der Waals surface area (Å²) in [6.45, 7) is 7.81. The average molecular weight is 277 g/mol. The Hall–Kier alpha value is -1.86. The van der Waals surface area contributed by atoms with Crippen molar-refractivity contribution in [3.63, 3.8) is 0 Å². The van der Waals surface area contributed by atoms with Crippen LogP contribution in [0.15, 0.2) is 61.2 Å². The van der Waals surface area contributed by atoms with E-state index in [1.807, 2.05) is 6.07 Å². The lowest BCUT2D eigenvalue weighted by atomic mass is 9.98. The number of likely N-dealkylation sites (tertiary alicyclic amines) is 1. The smallest absolute Gasteiger partial charge is 0.0233 e. The molecule has 0 amide bonds. The Kier molecular flexibility index (Phi) is 4.52. The number of hydrogen-bond acceptors (Lipinski definition) is 1. The van der Waals surface area contributed by atoms with E-state index < -0.39 is 0 Å². The van der Waals surface area contributed by atoms with Crippen molar-refractivity contribution in [2.24, 2.45) is 0 Å². The highest BCUT2D eigenvalue weighted by atomic mass is 15.1. The first-order valence-corrected chi connectivity index (χ1v) is 7.89. The Morgan fingerprint density at radius 2 is 1.43 bits per heavy atom. The van der Waals surface area contributed by atoms with Gasteiger partial charge >= 0.3 is 0 Å². The average Bonchev–Trinajstić information content (AvgIpc) is 2.57. The van der Waals surface area contributed by atoms with Crippen LogP contribution in [0.1, 0.15) is 36.0 Å². The van der Waals surface area contributed by atoms with Gasteiger partial charge in [-0.15, -0.1) is 0 Å². The van der Waals surface area contributed by atoms with Crippen LogP contribution in [-0.2, 0) is 6.54 Å². The monoisotopic (exact) mass is 277 g/mol. The van der Waals surface area contributed by atoms with Crippen LogP contribution >= 0.6 is 0 Å². The van der Waals surface area contributed by atoms with E-state index >= 15 is 0 Å². The first kappa shape index (κ1) is 14.1. The second-order valence-electron chi connectivity index (χ2n) is 5.88. The molecular formula is C20H23N. The van der Waals surface area contributed by atoms with Crippen molar-refractivity contribution in [3.05, 3.63) is 77.9 Å². The minimum Gasteiger partial charge on any atom is -0.299 e. The van der Waals surface area contributed by atoms with Gasteiger partial charge in [-0.1, -0.05) is 67.6 Å².